The first kappa shape index (κ1) is 22.8. The largest absolute Gasteiger partial charge is 0.457 e. The lowest BCUT2D eigenvalue weighted by atomic mass is 10.1. The van der Waals surface area contributed by atoms with E-state index < -0.39 is 0 Å². The third-order valence-electron chi connectivity index (χ3n) is 5.28. The Hall–Kier alpha value is -3.94. The normalized spacial score (nSPS) is 11.4. The minimum absolute atomic E-state index is 0.335. The van der Waals surface area contributed by atoms with Crippen LogP contribution >= 0.6 is 23.2 Å². The molecule has 0 saturated carbocycles. The summed E-state index contributed by atoms with van der Waals surface area (Å²) in [6, 6.07) is 18.2. The third-order valence-corrected chi connectivity index (χ3v) is 6.10. The molecule has 0 radical (unpaired) electrons. The van der Waals surface area contributed by atoms with Gasteiger partial charge in [0.05, 0.1) is 15.7 Å². The fourth-order valence-corrected chi connectivity index (χ4v) is 3.90. The number of furan rings is 1. The number of carbonyl (C=O) groups excluding carboxylic acids is 1. The van der Waals surface area contributed by atoms with Gasteiger partial charge in [-0.05, 0) is 79.2 Å². The molecule has 5 aromatic rings. The maximum Gasteiger partial charge on any atom is 0.248 e. The van der Waals surface area contributed by atoms with Crippen LogP contribution in [0.3, 0.4) is 0 Å². The number of rotatable bonds is 5. The average Bonchev–Trinajstić information content (AvgIpc) is 3.47. The first-order valence-corrected chi connectivity index (χ1v) is 11.3. The number of anilines is 1. The summed E-state index contributed by atoms with van der Waals surface area (Å²) in [6.07, 6.45) is 2.94. The van der Waals surface area contributed by atoms with Gasteiger partial charge in [0.1, 0.15) is 28.4 Å². The Morgan fingerprint density at radius 1 is 1.03 bits per heavy atom. The number of amides is 1. The van der Waals surface area contributed by atoms with Crippen LogP contribution in [-0.4, -0.2) is 20.9 Å². The van der Waals surface area contributed by atoms with Gasteiger partial charge in [-0.2, -0.15) is 4.80 Å². The van der Waals surface area contributed by atoms with Crippen molar-refractivity contribution in [3.63, 3.8) is 0 Å². The van der Waals surface area contributed by atoms with E-state index in [1.54, 1.807) is 54.6 Å². The zero-order valence-corrected chi connectivity index (χ0v) is 19.8. The lowest BCUT2D eigenvalue weighted by molar-refractivity contribution is -0.111. The molecular formula is C26H17Cl2FN4O2. The SMILES string of the molecule is Cc1cc2nn(-c3ccc(F)cc3)nc2cc1NC(=O)/C=C/c1ccc(-c2cccc(Cl)c2Cl)o1. The minimum Gasteiger partial charge on any atom is -0.457 e. The predicted molar refractivity (Wildman–Crippen MR) is 135 cm³/mol. The lowest BCUT2D eigenvalue weighted by Gasteiger charge is -2.05. The summed E-state index contributed by atoms with van der Waals surface area (Å²) in [7, 11) is 0. The highest BCUT2D eigenvalue weighted by Crippen LogP contribution is 2.34. The quantitative estimate of drug-likeness (QED) is 0.258. The van der Waals surface area contributed by atoms with Crippen molar-refractivity contribution in [1.29, 1.82) is 0 Å². The van der Waals surface area contributed by atoms with Crippen molar-refractivity contribution >= 4 is 51.9 Å². The predicted octanol–water partition coefficient (Wildman–Crippen LogP) is 7.09. The monoisotopic (exact) mass is 506 g/mol. The molecule has 0 unspecified atom stereocenters. The molecule has 2 aromatic heterocycles. The topological polar surface area (TPSA) is 73.0 Å². The Kier molecular flexibility index (Phi) is 6.11. The van der Waals surface area contributed by atoms with Gasteiger partial charge in [0.2, 0.25) is 5.91 Å². The number of fused-ring (bicyclic) bond motifs is 1. The number of aryl methyl sites for hydroxylation is 1. The van der Waals surface area contributed by atoms with Gasteiger partial charge < -0.3 is 9.73 Å². The molecule has 1 amide bonds. The molecule has 0 bridgehead atoms. The third kappa shape index (κ3) is 4.82. The fraction of sp³-hybridized carbons (Fsp3) is 0.0385. The molecular weight excluding hydrogens is 490 g/mol. The molecule has 0 aliphatic carbocycles. The number of halogens is 3. The second-order valence-corrected chi connectivity index (χ2v) is 8.53. The summed E-state index contributed by atoms with van der Waals surface area (Å²) in [5.74, 6) is 0.360. The maximum absolute atomic E-state index is 13.2. The smallest absolute Gasteiger partial charge is 0.248 e. The van der Waals surface area contributed by atoms with E-state index in [1.807, 2.05) is 13.0 Å². The molecule has 0 fully saturated rings. The van der Waals surface area contributed by atoms with Crippen LogP contribution in [-0.2, 0) is 4.79 Å². The van der Waals surface area contributed by atoms with Gasteiger partial charge in [-0.3, -0.25) is 4.79 Å². The number of hydrogen-bond donors (Lipinski definition) is 1. The van der Waals surface area contributed by atoms with E-state index >= 15 is 0 Å². The van der Waals surface area contributed by atoms with Gasteiger partial charge in [0.25, 0.3) is 0 Å². The van der Waals surface area contributed by atoms with E-state index in [2.05, 4.69) is 15.5 Å². The van der Waals surface area contributed by atoms with Gasteiger partial charge in [0, 0.05) is 17.3 Å². The molecule has 0 atom stereocenters. The van der Waals surface area contributed by atoms with Gasteiger partial charge >= 0.3 is 0 Å². The van der Waals surface area contributed by atoms with Crippen LogP contribution in [0.15, 0.2) is 77.2 Å². The Morgan fingerprint density at radius 3 is 2.54 bits per heavy atom. The zero-order valence-electron chi connectivity index (χ0n) is 18.3. The Morgan fingerprint density at radius 2 is 1.77 bits per heavy atom. The lowest BCUT2D eigenvalue weighted by Crippen LogP contribution is -2.08. The fourth-order valence-electron chi connectivity index (χ4n) is 3.51. The molecule has 1 N–H and O–H groups in total. The Balaban J connectivity index is 1.32. The highest BCUT2D eigenvalue weighted by Gasteiger charge is 2.12. The highest BCUT2D eigenvalue weighted by atomic mass is 35.5. The molecule has 2 heterocycles. The average molecular weight is 507 g/mol. The number of aromatic nitrogens is 3. The number of hydrogen-bond acceptors (Lipinski definition) is 4. The molecule has 35 heavy (non-hydrogen) atoms. The van der Waals surface area contributed by atoms with Crippen LogP contribution in [0.1, 0.15) is 11.3 Å². The van der Waals surface area contributed by atoms with Crippen LogP contribution in [0.2, 0.25) is 10.0 Å². The number of benzene rings is 3. The first-order chi connectivity index (χ1) is 16.9. The summed E-state index contributed by atoms with van der Waals surface area (Å²) in [6.45, 7) is 1.86. The summed E-state index contributed by atoms with van der Waals surface area (Å²) in [5.41, 5.74) is 3.97. The van der Waals surface area contributed by atoms with E-state index in [0.29, 0.717) is 49.5 Å². The van der Waals surface area contributed by atoms with Gasteiger partial charge in [-0.1, -0.05) is 29.3 Å². The molecule has 0 spiro atoms. The minimum atomic E-state index is -0.336. The van der Waals surface area contributed by atoms with Crippen molar-refractivity contribution in [1.82, 2.24) is 15.0 Å². The standard InChI is InChI=1S/C26H17Cl2FN4O2/c1-15-13-22-23(32-33(31-22)17-7-5-16(29)6-8-17)14-21(15)30-25(34)12-10-18-9-11-24(35-18)19-3-2-4-20(27)26(19)28/h2-14H,1H3,(H,30,34)/b12-10+. The molecule has 0 saturated heterocycles. The van der Waals surface area contributed by atoms with Crippen molar-refractivity contribution in [2.24, 2.45) is 0 Å². The molecule has 174 valence electrons. The Labute approximate surface area is 209 Å². The molecule has 0 aliphatic heterocycles. The number of carbonyl (C=O) groups is 1. The summed E-state index contributed by atoms with van der Waals surface area (Å²) in [5, 5.41) is 12.6. The summed E-state index contributed by atoms with van der Waals surface area (Å²) in [4.78, 5) is 14.0. The van der Waals surface area contributed by atoms with Crippen molar-refractivity contribution < 1.29 is 13.6 Å². The summed E-state index contributed by atoms with van der Waals surface area (Å²) < 4.78 is 19.0. The first-order valence-electron chi connectivity index (χ1n) is 10.5. The molecule has 3 aromatic carbocycles. The van der Waals surface area contributed by atoms with Gasteiger partial charge in [0.15, 0.2) is 0 Å². The van der Waals surface area contributed by atoms with Crippen LogP contribution in [0.5, 0.6) is 0 Å². The van der Waals surface area contributed by atoms with E-state index in [9.17, 15) is 9.18 Å². The number of nitrogens with one attached hydrogen (secondary N) is 1. The van der Waals surface area contributed by atoms with E-state index in [1.165, 1.54) is 23.0 Å². The molecule has 0 aliphatic rings. The zero-order chi connectivity index (χ0) is 24.5. The van der Waals surface area contributed by atoms with Crippen molar-refractivity contribution in [2.75, 3.05) is 5.32 Å². The second kappa shape index (κ2) is 9.37. The number of nitrogens with zero attached hydrogens (tertiary/aromatic N) is 3. The van der Waals surface area contributed by atoms with Crippen LogP contribution in [0.25, 0.3) is 34.1 Å². The highest BCUT2D eigenvalue weighted by molar-refractivity contribution is 6.43. The molecule has 9 heteroatoms. The van der Waals surface area contributed by atoms with Crippen molar-refractivity contribution in [3.05, 3.63) is 100.0 Å². The second-order valence-electron chi connectivity index (χ2n) is 7.75. The van der Waals surface area contributed by atoms with Crippen LogP contribution in [0, 0.1) is 12.7 Å². The van der Waals surface area contributed by atoms with Crippen LogP contribution < -0.4 is 5.32 Å². The van der Waals surface area contributed by atoms with Crippen LogP contribution in [0.4, 0.5) is 10.1 Å². The van der Waals surface area contributed by atoms with E-state index in [4.69, 9.17) is 27.6 Å². The maximum atomic E-state index is 13.2. The van der Waals surface area contributed by atoms with Gasteiger partial charge in [-0.25, -0.2) is 4.39 Å². The van der Waals surface area contributed by atoms with Crippen molar-refractivity contribution in [3.8, 4) is 17.0 Å². The summed E-state index contributed by atoms with van der Waals surface area (Å²) >= 11 is 12.3. The Bertz CT molecular complexity index is 1590. The van der Waals surface area contributed by atoms with E-state index in [-0.39, 0.29) is 11.7 Å². The van der Waals surface area contributed by atoms with Gasteiger partial charge in [-0.15, -0.1) is 10.2 Å². The van der Waals surface area contributed by atoms with E-state index in [0.717, 1.165) is 5.56 Å². The molecule has 5 rings (SSSR count). The molecule has 6 nitrogen and oxygen atoms in total. The van der Waals surface area contributed by atoms with Crippen molar-refractivity contribution in [2.45, 2.75) is 6.92 Å².